The van der Waals surface area contributed by atoms with Crippen LogP contribution in [-0.2, 0) is 11.2 Å². The number of ether oxygens (including phenoxy) is 2. The van der Waals surface area contributed by atoms with Gasteiger partial charge in [0.25, 0.3) is 0 Å². The molecule has 0 unspecified atom stereocenters. The zero-order chi connectivity index (χ0) is 9.97. The molecular formula is C11H17NO3S. The first-order valence-electron chi connectivity index (χ1n) is 4.65. The van der Waals surface area contributed by atoms with Gasteiger partial charge in [-0.3, -0.25) is 0 Å². The van der Waals surface area contributed by atoms with Crippen molar-refractivity contribution >= 4 is 19.5 Å². The number of hydrogen-bond donors (Lipinski definition) is 1. The molecular weight excluding hydrogens is 226 g/mol. The van der Waals surface area contributed by atoms with E-state index in [1.807, 2.05) is 6.07 Å². The highest BCUT2D eigenvalue weighted by atomic mass is 32.1. The number of rotatable bonds is 1. The number of hydrogen-bond acceptors (Lipinski definition) is 4. The lowest BCUT2D eigenvalue weighted by Gasteiger charge is -2.17. The summed E-state index contributed by atoms with van der Waals surface area (Å²) in [5, 5.41) is 0. The van der Waals surface area contributed by atoms with Gasteiger partial charge in [0.15, 0.2) is 0 Å². The van der Waals surface area contributed by atoms with Crippen LogP contribution in [0.1, 0.15) is 22.3 Å². The summed E-state index contributed by atoms with van der Waals surface area (Å²) in [7, 11) is 1.38. The second kappa shape index (κ2) is 6.40. The number of benzene rings is 1. The molecule has 0 aromatic heterocycles. The average molecular weight is 243 g/mol. The van der Waals surface area contributed by atoms with Crippen molar-refractivity contribution in [2.24, 2.45) is 0 Å². The van der Waals surface area contributed by atoms with E-state index in [9.17, 15) is 4.79 Å². The van der Waals surface area contributed by atoms with Gasteiger partial charge in [-0.2, -0.15) is 13.5 Å². The summed E-state index contributed by atoms with van der Waals surface area (Å²) in [6.07, 6.45) is 2.07. The summed E-state index contributed by atoms with van der Waals surface area (Å²) in [4.78, 5) is 11.2. The molecule has 0 aliphatic carbocycles. The molecule has 4 nitrogen and oxygen atoms in total. The van der Waals surface area contributed by atoms with Gasteiger partial charge in [-0.05, 0) is 30.5 Å². The van der Waals surface area contributed by atoms with Crippen LogP contribution < -0.4 is 10.9 Å². The summed E-state index contributed by atoms with van der Waals surface area (Å²) in [6, 6.07) is 5.46. The van der Waals surface area contributed by atoms with Crippen molar-refractivity contribution in [3.63, 3.8) is 0 Å². The number of esters is 1. The number of aryl methyl sites for hydroxylation is 1. The number of carbonyl (C=O) groups excluding carboxylic acids is 1. The molecule has 1 aliphatic heterocycles. The fourth-order valence-electron chi connectivity index (χ4n) is 1.59. The highest BCUT2D eigenvalue weighted by molar-refractivity contribution is 7.59. The minimum absolute atomic E-state index is 0. The van der Waals surface area contributed by atoms with Gasteiger partial charge in [0, 0.05) is 0 Å². The van der Waals surface area contributed by atoms with Crippen molar-refractivity contribution in [2.75, 3.05) is 13.7 Å². The third-order valence-corrected chi connectivity index (χ3v) is 2.34. The van der Waals surface area contributed by atoms with E-state index < -0.39 is 0 Å². The van der Waals surface area contributed by atoms with E-state index in [0.717, 1.165) is 25.2 Å². The van der Waals surface area contributed by atoms with Crippen molar-refractivity contribution in [3.05, 3.63) is 29.3 Å². The Hall–Kier alpha value is -1.20. The molecule has 0 fully saturated rings. The molecule has 0 radical (unpaired) electrons. The maximum absolute atomic E-state index is 11.2. The van der Waals surface area contributed by atoms with Crippen LogP contribution in [0.3, 0.4) is 0 Å². The number of methoxy groups -OCH3 is 1. The van der Waals surface area contributed by atoms with E-state index in [4.69, 9.17) is 4.74 Å². The van der Waals surface area contributed by atoms with Gasteiger partial charge in [-0.1, -0.05) is 6.07 Å². The van der Waals surface area contributed by atoms with Crippen LogP contribution in [0.5, 0.6) is 5.75 Å². The summed E-state index contributed by atoms with van der Waals surface area (Å²) in [5.74, 6) is 0.501. The van der Waals surface area contributed by atoms with E-state index in [-0.39, 0.29) is 25.6 Å². The Morgan fingerprint density at radius 2 is 2.19 bits per heavy atom. The Morgan fingerprint density at radius 1 is 1.44 bits per heavy atom. The third-order valence-electron chi connectivity index (χ3n) is 2.34. The topological polar surface area (TPSA) is 70.5 Å². The van der Waals surface area contributed by atoms with Gasteiger partial charge in [0.05, 0.1) is 19.3 Å². The number of fused-ring (bicyclic) bond motifs is 1. The van der Waals surface area contributed by atoms with E-state index in [0.29, 0.717) is 5.56 Å². The van der Waals surface area contributed by atoms with Crippen LogP contribution >= 0.6 is 13.5 Å². The van der Waals surface area contributed by atoms with Crippen molar-refractivity contribution in [1.82, 2.24) is 6.15 Å². The zero-order valence-electron chi connectivity index (χ0n) is 9.29. The van der Waals surface area contributed by atoms with Crippen LogP contribution in [0.15, 0.2) is 18.2 Å². The quantitative estimate of drug-likeness (QED) is 0.766. The van der Waals surface area contributed by atoms with E-state index in [1.165, 1.54) is 12.7 Å². The molecule has 1 aromatic carbocycles. The lowest BCUT2D eigenvalue weighted by Crippen LogP contribution is -2.10. The minimum atomic E-state index is -0.318. The first-order chi connectivity index (χ1) is 6.81. The first kappa shape index (κ1) is 14.8. The van der Waals surface area contributed by atoms with Gasteiger partial charge in [0.1, 0.15) is 5.75 Å². The maximum atomic E-state index is 11.2. The number of carbonyl (C=O) groups is 1. The predicted octanol–water partition coefficient (Wildman–Crippen LogP) is 2.07. The maximum Gasteiger partial charge on any atom is 0.337 e. The summed E-state index contributed by atoms with van der Waals surface area (Å²) in [6.45, 7) is 0.734. The summed E-state index contributed by atoms with van der Waals surface area (Å²) < 4.78 is 10.1. The molecule has 0 amide bonds. The smallest absolute Gasteiger partial charge is 0.337 e. The van der Waals surface area contributed by atoms with Crippen molar-refractivity contribution in [1.29, 1.82) is 0 Å². The Kier molecular flexibility index (Phi) is 5.92. The largest absolute Gasteiger partial charge is 0.493 e. The van der Waals surface area contributed by atoms with Crippen LogP contribution in [0, 0.1) is 0 Å². The SMILES string of the molecule is COC(=O)c1ccc2c(c1)OCCC2.N.S. The fourth-order valence-corrected chi connectivity index (χ4v) is 1.59. The fraction of sp³-hybridized carbons (Fsp3) is 0.364. The first-order valence-corrected chi connectivity index (χ1v) is 4.65. The molecule has 0 saturated heterocycles. The summed E-state index contributed by atoms with van der Waals surface area (Å²) in [5.41, 5.74) is 1.72. The molecule has 16 heavy (non-hydrogen) atoms. The second-order valence-electron chi connectivity index (χ2n) is 3.27. The highest BCUT2D eigenvalue weighted by Gasteiger charge is 2.13. The Bertz CT molecular complexity index is 368. The average Bonchev–Trinajstić information content (AvgIpc) is 2.27. The van der Waals surface area contributed by atoms with Gasteiger partial charge in [0.2, 0.25) is 0 Å². The standard InChI is InChI=1S/C11H12O3.H3N.H2S/c1-13-11(12)9-5-4-8-3-2-6-14-10(8)7-9;;/h4-5,7H,2-3,6H2,1H3;1H3;1H2. The van der Waals surface area contributed by atoms with Crippen LogP contribution in [0.4, 0.5) is 0 Å². The van der Waals surface area contributed by atoms with Gasteiger partial charge in [-0.25, -0.2) is 4.79 Å². The molecule has 1 heterocycles. The second-order valence-corrected chi connectivity index (χ2v) is 3.27. The van der Waals surface area contributed by atoms with Crippen LogP contribution in [0.25, 0.3) is 0 Å². The molecule has 1 aliphatic rings. The molecule has 0 atom stereocenters. The molecule has 0 saturated carbocycles. The molecule has 0 spiro atoms. The molecule has 0 bridgehead atoms. The van der Waals surface area contributed by atoms with Gasteiger partial charge in [-0.15, -0.1) is 0 Å². The van der Waals surface area contributed by atoms with E-state index in [1.54, 1.807) is 12.1 Å². The van der Waals surface area contributed by atoms with Crippen molar-refractivity contribution in [3.8, 4) is 5.75 Å². The zero-order valence-corrected chi connectivity index (χ0v) is 10.3. The van der Waals surface area contributed by atoms with Crippen LogP contribution in [0.2, 0.25) is 0 Å². The Balaban J connectivity index is 0.00000112. The van der Waals surface area contributed by atoms with Crippen molar-refractivity contribution in [2.45, 2.75) is 12.8 Å². The molecule has 5 heteroatoms. The van der Waals surface area contributed by atoms with E-state index in [2.05, 4.69) is 4.74 Å². The third kappa shape index (κ3) is 2.90. The normalized spacial score (nSPS) is 12.3. The molecule has 90 valence electrons. The predicted molar refractivity (Wildman–Crippen MR) is 67.0 cm³/mol. The molecule has 3 N–H and O–H groups in total. The Morgan fingerprint density at radius 3 is 2.88 bits per heavy atom. The van der Waals surface area contributed by atoms with Crippen LogP contribution in [-0.4, -0.2) is 19.7 Å². The van der Waals surface area contributed by atoms with Crippen molar-refractivity contribution < 1.29 is 14.3 Å². The summed E-state index contributed by atoms with van der Waals surface area (Å²) >= 11 is 0. The minimum Gasteiger partial charge on any atom is -0.493 e. The molecule has 1 aromatic rings. The monoisotopic (exact) mass is 243 g/mol. The lowest BCUT2D eigenvalue weighted by molar-refractivity contribution is 0.0600. The van der Waals surface area contributed by atoms with Gasteiger partial charge >= 0.3 is 5.97 Å². The lowest BCUT2D eigenvalue weighted by atomic mass is 10.0. The molecule has 2 rings (SSSR count). The van der Waals surface area contributed by atoms with E-state index >= 15 is 0 Å². The Labute approximate surface area is 102 Å². The van der Waals surface area contributed by atoms with Gasteiger partial charge < -0.3 is 15.6 Å². The highest BCUT2D eigenvalue weighted by Crippen LogP contribution is 2.25.